The van der Waals surface area contributed by atoms with Crippen LogP contribution >= 0.6 is 0 Å². The summed E-state index contributed by atoms with van der Waals surface area (Å²) in [6.07, 6.45) is 3.76. The van der Waals surface area contributed by atoms with Crippen molar-refractivity contribution in [2.24, 2.45) is 0 Å². The van der Waals surface area contributed by atoms with Gasteiger partial charge in [-0.25, -0.2) is 0 Å². The number of rotatable bonds is 4. The average molecular weight is 214 g/mol. The van der Waals surface area contributed by atoms with E-state index in [1.807, 2.05) is 0 Å². The highest BCUT2D eigenvalue weighted by atomic mass is 16.5. The second kappa shape index (κ2) is 7.20. The number of nitrogens with one attached hydrogen (secondary N) is 1. The van der Waals surface area contributed by atoms with Crippen molar-refractivity contribution >= 4 is 0 Å². The summed E-state index contributed by atoms with van der Waals surface area (Å²) in [6.45, 7) is 8.92. The van der Waals surface area contributed by atoms with Crippen LogP contribution in [0.3, 0.4) is 0 Å². The molecule has 0 radical (unpaired) electrons. The summed E-state index contributed by atoms with van der Waals surface area (Å²) in [7, 11) is 1.78. The molecule has 3 heteroatoms. The molecule has 0 bridgehead atoms. The molecule has 0 saturated carbocycles. The summed E-state index contributed by atoms with van der Waals surface area (Å²) < 4.78 is 5.14. The van der Waals surface area contributed by atoms with Gasteiger partial charge >= 0.3 is 0 Å². The minimum atomic E-state index is 0.653. The van der Waals surface area contributed by atoms with E-state index in [4.69, 9.17) is 4.74 Å². The van der Waals surface area contributed by atoms with Gasteiger partial charge in [-0.05, 0) is 39.3 Å². The molecule has 2 atom stereocenters. The average Bonchev–Trinajstić information content (AvgIpc) is 2.23. The normalized spacial score (nSPS) is 29.8. The smallest absolute Gasteiger partial charge is 0.0589 e. The molecular weight excluding hydrogens is 188 g/mol. The zero-order chi connectivity index (χ0) is 11.1. The van der Waals surface area contributed by atoms with E-state index < -0.39 is 0 Å². The third kappa shape index (κ3) is 4.96. The van der Waals surface area contributed by atoms with Gasteiger partial charge in [0, 0.05) is 25.7 Å². The van der Waals surface area contributed by atoms with Crippen molar-refractivity contribution in [1.29, 1.82) is 0 Å². The predicted molar refractivity (Wildman–Crippen MR) is 64.2 cm³/mol. The van der Waals surface area contributed by atoms with Crippen LogP contribution in [0.1, 0.15) is 33.1 Å². The largest absolute Gasteiger partial charge is 0.383 e. The summed E-state index contributed by atoms with van der Waals surface area (Å²) in [5.41, 5.74) is 0. The molecule has 1 N–H and O–H groups in total. The van der Waals surface area contributed by atoms with Crippen LogP contribution in [0.4, 0.5) is 0 Å². The molecule has 1 heterocycles. The highest BCUT2D eigenvalue weighted by Crippen LogP contribution is 2.08. The van der Waals surface area contributed by atoms with Gasteiger partial charge in [0.15, 0.2) is 0 Å². The van der Waals surface area contributed by atoms with Crippen molar-refractivity contribution < 1.29 is 4.74 Å². The van der Waals surface area contributed by atoms with Gasteiger partial charge in [0.1, 0.15) is 0 Å². The molecule has 0 aliphatic carbocycles. The second-order valence-corrected chi connectivity index (χ2v) is 4.58. The minimum Gasteiger partial charge on any atom is -0.383 e. The van der Waals surface area contributed by atoms with E-state index in [1.165, 1.54) is 32.4 Å². The molecule has 1 aliphatic heterocycles. The predicted octanol–water partition coefficient (Wildman–Crippen LogP) is 1.49. The van der Waals surface area contributed by atoms with Crippen LogP contribution in [-0.4, -0.2) is 50.3 Å². The number of nitrogens with zero attached hydrogens (tertiary/aromatic N) is 1. The number of methoxy groups -OCH3 is 1. The Morgan fingerprint density at radius 2 is 2.07 bits per heavy atom. The molecule has 0 spiro atoms. The van der Waals surface area contributed by atoms with E-state index in [9.17, 15) is 0 Å². The SMILES string of the molecule is CCC1CCN(CCOC)CCC(C)N1. The quantitative estimate of drug-likeness (QED) is 0.767. The van der Waals surface area contributed by atoms with Gasteiger partial charge in [0.25, 0.3) is 0 Å². The topological polar surface area (TPSA) is 24.5 Å². The number of hydrogen-bond donors (Lipinski definition) is 1. The van der Waals surface area contributed by atoms with Crippen LogP contribution in [0.25, 0.3) is 0 Å². The molecule has 15 heavy (non-hydrogen) atoms. The van der Waals surface area contributed by atoms with Crippen LogP contribution in [0, 0.1) is 0 Å². The lowest BCUT2D eigenvalue weighted by Gasteiger charge is -2.31. The number of ether oxygens (including phenoxy) is 1. The molecule has 0 aromatic carbocycles. The molecule has 3 nitrogen and oxygen atoms in total. The molecule has 2 unspecified atom stereocenters. The Balaban J connectivity index is 2.34. The summed E-state index contributed by atoms with van der Waals surface area (Å²) in [4.78, 5) is 2.53. The van der Waals surface area contributed by atoms with Crippen LogP contribution in [0.2, 0.25) is 0 Å². The fourth-order valence-corrected chi connectivity index (χ4v) is 2.16. The van der Waals surface area contributed by atoms with E-state index >= 15 is 0 Å². The Bertz CT molecular complexity index is 164. The van der Waals surface area contributed by atoms with Gasteiger partial charge in [-0.2, -0.15) is 0 Å². The van der Waals surface area contributed by atoms with Crippen LogP contribution in [0.15, 0.2) is 0 Å². The van der Waals surface area contributed by atoms with Gasteiger partial charge in [-0.15, -0.1) is 0 Å². The first kappa shape index (κ1) is 12.9. The Morgan fingerprint density at radius 3 is 2.73 bits per heavy atom. The Labute approximate surface area is 94.2 Å². The maximum Gasteiger partial charge on any atom is 0.0589 e. The highest BCUT2D eigenvalue weighted by Gasteiger charge is 2.16. The molecule has 90 valence electrons. The molecule has 1 fully saturated rings. The van der Waals surface area contributed by atoms with E-state index in [2.05, 4.69) is 24.1 Å². The molecular formula is C12H26N2O. The van der Waals surface area contributed by atoms with Crippen LogP contribution in [0.5, 0.6) is 0 Å². The van der Waals surface area contributed by atoms with Crippen molar-refractivity contribution in [1.82, 2.24) is 10.2 Å². The monoisotopic (exact) mass is 214 g/mol. The lowest BCUT2D eigenvalue weighted by atomic mass is 10.1. The summed E-state index contributed by atoms with van der Waals surface area (Å²) in [5, 5.41) is 3.69. The minimum absolute atomic E-state index is 0.653. The molecule has 1 aliphatic rings. The van der Waals surface area contributed by atoms with Gasteiger partial charge in [0.05, 0.1) is 6.61 Å². The zero-order valence-electron chi connectivity index (χ0n) is 10.5. The molecule has 1 saturated heterocycles. The molecule has 0 amide bonds. The van der Waals surface area contributed by atoms with E-state index in [0.717, 1.165) is 13.2 Å². The van der Waals surface area contributed by atoms with Crippen molar-refractivity contribution in [2.75, 3.05) is 33.4 Å². The Kier molecular flexibility index (Phi) is 6.22. The molecule has 0 aromatic rings. The molecule has 1 rings (SSSR count). The van der Waals surface area contributed by atoms with Crippen LogP contribution < -0.4 is 5.32 Å². The lowest BCUT2D eigenvalue weighted by Crippen LogP contribution is -2.44. The zero-order valence-corrected chi connectivity index (χ0v) is 10.5. The maximum absolute atomic E-state index is 5.14. The second-order valence-electron chi connectivity index (χ2n) is 4.58. The summed E-state index contributed by atoms with van der Waals surface area (Å²) in [6, 6.07) is 1.35. The highest BCUT2D eigenvalue weighted by molar-refractivity contribution is 4.76. The van der Waals surface area contributed by atoms with Gasteiger partial charge in [-0.3, -0.25) is 0 Å². The van der Waals surface area contributed by atoms with Crippen molar-refractivity contribution in [3.63, 3.8) is 0 Å². The first-order valence-electron chi connectivity index (χ1n) is 6.23. The third-order valence-corrected chi connectivity index (χ3v) is 3.30. The lowest BCUT2D eigenvalue weighted by molar-refractivity contribution is 0.134. The van der Waals surface area contributed by atoms with Gasteiger partial charge < -0.3 is 15.0 Å². The van der Waals surface area contributed by atoms with Crippen LogP contribution in [-0.2, 0) is 4.74 Å². The standard InChI is InChI=1S/C12H26N2O/c1-4-12-6-8-14(9-10-15-3)7-5-11(2)13-12/h11-13H,4-10H2,1-3H3. The fraction of sp³-hybridized carbons (Fsp3) is 1.00. The van der Waals surface area contributed by atoms with Crippen molar-refractivity contribution in [3.8, 4) is 0 Å². The molecule has 0 aromatic heterocycles. The Morgan fingerprint density at radius 1 is 1.33 bits per heavy atom. The maximum atomic E-state index is 5.14. The van der Waals surface area contributed by atoms with Gasteiger partial charge in [0.2, 0.25) is 0 Å². The summed E-state index contributed by atoms with van der Waals surface area (Å²) >= 11 is 0. The van der Waals surface area contributed by atoms with E-state index in [0.29, 0.717) is 12.1 Å². The van der Waals surface area contributed by atoms with Crippen molar-refractivity contribution in [2.45, 2.75) is 45.2 Å². The number of hydrogen-bond acceptors (Lipinski definition) is 3. The van der Waals surface area contributed by atoms with Gasteiger partial charge in [-0.1, -0.05) is 6.92 Å². The third-order valence-electron chi connectivity index (χ3n) is 3.30. The summed E-state index contributed by atoms with van der Waals surface area (Å²) in [5.74, 6) is 0. The van der Waals surface area contributed by atoms with E-state index in [-0.39, 0.29) is 0 Å². The first-order chi connectivity index (χ1) is 7.26. The van der Waals surface area contributed by atoms with Crippen molar-refractivity contribution in [3.05, 3.63) is 0 Å². The Hall–Kier alpha value is -0.120. The van der Waals surface area contributed by atoms with E-state index in [1.54, 1.807) is 7.11 Å². The first-order valence-corrected chi connectivity index (χ1v) is 6.23. The fourth-order valence-electron chi connectivity index (χ4n) is 2.16.